The fourth-order valence-electron chi connectivity index (χ4n) is 3.75. The molecule has 0 atom stereocenters. The standard InChI is InChI=1S/C27H39NO4/c1-4-5-6-7-8-9-20-31-24-15-10-22(11-16-24)12-19-26(29)32-25-17-13-23(14-18-25)28-27(30)21(2)3/h10-12,15-16,19,23,25H,2,4-9,13-14,17-18,20H2,1,3H3,(H,28,30)/b19-12+/t23-,25-. The maximum atomic E-state index is 12.2. The van der Waals surface area contributed by atoms with E-state index in [-0.39, 0.29) is 24.0 Å². The Bertz CT molecular complexity index is 745. The Kier molecular flexibility index (Phi) is 11.6. The number of hydrogen-bond acceptors (Lipinski definition) is 4. The minimum atomic E-state index is -0.331. The molecular formula is C27H39NO4. The number of carbonyl (C=O) groups is 2. The van der Waals surface area contributed by atoms with Crippen LogP contribution in [0.5, 0.6) is 5.75 Å². The second kappa shape index (κ2) is 14.5. The first-order valence-corrected chi connectivity index (χ1v) is 12.1. The monoisotopic (exact) mass is 441 g/mol. The summed E-state index contributed by atoms with van der Waals surface area (Å²) in [5.74, 6) is 0.420. The van der Waals surface area contributed by atoms with Crippen LogP contribution < -0.4 is 10.1 Å². The van der Waals surface area contributed by atoms with Gasteiger partial charge in [0, 0.05) is 17.7 Å². The van der Waals surface area contributed by atoms with Crippen LogP contribution in [-0.2, 0) is 14.3 Å². The number of benzene rings is 1. The molecule has 0 radical (unpaired) electrons. The van der Waals surface area contributed by atoms with Crippen LogP contribution in [0.2, 0.25) is 0 Å². The molecule has 32 heavy (non-hydrogen) atoms. The minimum Gasteiger partial charge on any atom is -0.494 e. The van der Waals surface area contributed by atoms with Crippen LogP contribution in [0, 0.1) is 0 Å². The topological polar surface area (TPSA) is 64.6 Å². The number of carbonyl (C=O) groups excluding carboxylic acids is 2. The highest BCUT2D eigenvalue weighted by Gasteiger charge is 2.24. The van der Waals surface area contributed by atoms with Gasteiger partial charge in [-0.2, -0.15) is 0 Å². The van der Waals surface area contributed by atoms with Crippen LogP contribution in [0.15, 0.2) is 42.5 Å². The van der Waals surface area contributed by atoms with Gasteiger partial charge in [0.2, 0.25) is 5.91 Å². The summed E-state index contributed by atoms with van der Waals surface area (Å²) >= 11 is 0. The first-order chi connectivity index (χ1) is 15.5. The second-order valence-corrected chi connectivity index (χ2v) is 8.68. The van der Waals surface area contributed by atoms with Crippen molar-refractivity contribution in [2.24, 2.45) is 0 Å². The van der Waals surface area contributed by atoms with Crippen molar-refractivity contribution in [3.8, 4) is 5.75 Å². The molecule has 5 nitrogen and oxygen atoms in total. The number of rotatable bonds is 13. The third-order valence-electron chi connectivity index (χ3n) is 5.74. The molecule has 0 saturated heterocycles. The molecule has 1 amide bonds. The predicted molar refractivity (Wildman–Crippen MR) is 129 cm³/mol. The highest BCUT2D eigenvalue weighted by atomic mass is 16.5. The lowest BCUT2D eigenvalue weighted by atomic mass is 9.92. The molecule has 0 aliphatic heterocycles. The van der Waals surface area contributed by atoms with E-state index in [0.717, 1.165) is 50.0 Å². The van der Waals surface area contributed by atoms with Crippen molar-refractivity contribution >= 4 is 18.0 Å². The van der Waals surface area contributed by atoms with Crippen LogP contribution in [0.4, 0.5) is 0 Å². The van der Waals surface area contributed by atoms with Crippen molar-refractivity contribution in [2.75, 3.05) is 6.61 Å². The summed E-state index contributed by atoms with van der Waals surface area (Å²) in [5, 5.41) is 2.97. The number of esters is 1. The van der Waals surface area contributed by atoms with Gasteiger partial charge < -0.3 is 14.8 Å². The first-order valence-electron chi connectivity index (χ1n) is 12.1. The first kappa shape index (κ1) is 25.7. The van der Waals surface area contributed by atoms with Crippen molar-refractivity contribution in [1.82, 2.24) is 5.32 Å². The SMILES string of the molecule is C=C(C)C(=O)N[C@H]1CC[C@H](OC(=O)/C=C/c2ccc(OCCCCCCCC)cc2)CC1. The summed E-state index contributed by atoms with van der Waals surface area (Å²) in [6.07, 6.45) is 13.7. The van der Waals surface area contributed by atoms with E-state index < -0.39 is 0 Å². The molecule has 1 aromatic rings. The summed E-state index contributed by atoms with van der Waals surface area (Å²) in [4.78, 5) is 23.9. The maximum Gasteiger partial charge on any atom is 0.331 e. The highest BCUT2D eigenvalue weighted by Crippen LogP contribution is 2.22. The van der Waals surface area contributed by atoms with E-state index in [2.05, 4.69) is 18.8 Å². The summed E-state index contributed by atoms with van der Waals surface area (Å²) in [6, 6.07) is 7.88. The van der Waals surface area contributed by atoms with E-state index in [1.54, 1.807) is 13.0 Å². The molecule has 0 heterocycles. The fraction of sp³-hybridized carbons (Fsp3) is 0.556. The van der Waals surface area contributed by atoms with Crippen molar-refractivity contribution < 1.29 is 19.1 Å². The van der Waals surface area contributed by atoms with Crippen molar-refractivity contribution in [1.29, 1.82) is 0 Å². The molecule has 2 rings (SSSR count). The summed E-state index contributed by atoms with van der Waals surface area (Å²) in [7, 11) is 0. The molecule has 1 aliphatic rings. The van der Waals surface area contributed by atoms with Crippen molar-refractivity contribution in [2.45, 2.75) is 90.2 Å². The van der Waals surface area contributed by atoms with Crippen LogP contribution in [0.25, 0.3) is 6.08 Å². The summed E-state index contributed by atoms with van der Waals surface area (Å²) in [6.45, 7) is 8.33. The van der Waals surface area contributed by atoms with Gasteiger partial charge in [-0.05, 0) is 62.8 Å². The molecule has 0 aromatic heterocycles. The normalized spacial score (nSPS) is 18.3. The Morgan fingerprint density at radius 3 is 2.34 bits per heavy atom. The highest BCUT2D eigenvalue weighted by molar-refractivity contribution is 5.92. The number of hydrogen-bond donors (Lipinski definition) is 1. The van der Waals surface area contributed by atoms with E-state index in [9.17, 15) is 9.59 Å². The summed E-state index contributed by atoms with van der Waals surface area (Å²) in [5.41, 5.74) is 1.45. The molecule has 0 unspecified atom stereocenters. The van der Waals surface area contributed by atoms with Crippen LogP contribution in [0.3, 0.4) is 0 Å². The van der Waals surface area contributed by atoms with Gasteiger partial charge >= 0.3 is 5.97 Å². The molecule has 1 aliphatic carbocycles. The Labute approximate surface area is 193 Å². The van der Waals surface area contributed by atoms with E-state index in [1.807, 2.05) is 24.3 Å². The Hall–Kier alpha value is -2.56. The zero-order valence-corrected chi connectivity index (χ0v) is 19.7. The van der Waals surface area contributed by atoms with Gasteiger partial charge in [-0.3, -0.25) is 4.79 Å². The van der Waals surface area contributed by atoms with Gasteiger partial charge in [0.05, 0.1) is 6.61 Å². The van der Waals surface area contributed by atoms with Gasteiger partial charge in [-0.25, -0.2) is 4.79 Å². The van der Waals surface area contributed by atoms with Crippen LogP contribution >= 0.6 is 0 Å². The molecule has 1 aromatic carbocycles. The van der Waals surface area contributed by atoms with E-state index in [0.29, 0.717) is 5.57 Å². The molecule has 5 heteroatoms. The lowest BCUT2D eigenvalue weighted by molar-refractivity contribution is -0.144. The minimum absolute atomic E-state index is 0.0946. The van der Waals surface area contributed by atoms with Gasteiger partial charge in [-0.15, -0.1) is 0 Å². The molecular weight excluding hydrogens is 402 g/mol. The third kappa shape index (κ3) is 10.2. The zero-order chi connectivity index (χ0) is 23.2. The number of ether oxygens (including phenoxy) is 2. The number of unbranched alkanes of at least 4 members (excludes halogenated alkanes) is 5. The lowest BCUT2D eigenvalue weighted by Crippen LogP contribution is -2.39. The van der Waals surface area contributed by atoms with E-state index in [4.69, 9.17) is 9.47 Å². The van der Waals surface area contributed by atoms with Crippen LogP contribution in [0.1, 0.15) is 83.6 Å². The predicted octanol–water partition coefficient (Wildman–Crippen LogP) is 5.99. The van der Waals surface area contributed by atoms with Crippen molar-refractivity contribution in [3.63, 3.8) is 0 Å². The van der Waals surface area contributed by atoms with Crippen molar-refractivity contribution in [3.05, 3.63) is 48.1 Å². The molecule has 1 saturated carbocycles. The quantitative estimate of drug-likeness (QED) is 0.232. The van der Waals surface area contributed by atoms with Gasteiger partial charge in [0.1, 0.15) is 11.9 Å². The van der Waals surface area contributed by atoms with E-state index in [1.165, 1.54) is 38.2 Å². The molecule has 1 N–H and O–H groups in total. The average molecular weight is 442 g/mol. The number of nitrogens with one attached hydrogen (secondary N) is 1. The molecule has 1 fully saturated rings. The zero-order valence-electron chi connectivity index (χ0n) is 19.7. The summed E-state index contributed by atoms with van der Waals surface area (Å²) < 4.78 is 11.3. The molecule has 176 valence electrons. The van der Waals surface area contributed by atoms with E-state index >= 15 is 0 Å². The fourth-order valence-corrected chi connectivity index (χ4v) is 3.75. The number of amides is 1. The Morgan fingerprint density at radius 1 is 1.03 bits per heavy atom. The molecule has 0 spiro atoms. The third-order valence-corrected chi connectivity index (χ3v) is 5.74. The smallest absolute Gasteiger partial charge is 0.331 e. The second-order valence-electron chi connectivity index (χ2n) is 8.68. The van der Waals surface area contributed by atoms with Gasteiger partial charge in [-0.1, -0.05) is 57.7 Å². The Balaban J connectivity index is 1.64. The van der Waals surface area contributed by atoms with Gasteiger partial charge in [0.25, 0.3) is 0 Å². The Morgan fingerprint density at radius 2 is 1.69 bits per heavy atom. The lowest BCUT2D eigenvalue weighted by Gasteiger charge is -2.28. The van der Waals surface area contributed by atoms with Crippen LogP contribution in [-0.4, -0.2) is 30.6 Å². The molecule has 0 bridgehead atoms. The average Bonchev–Trinajstić information content (AvgIpc) is 2.79. The maximum absolute atomic E-state index is 12.2. The largest absolute Gasteiger partial charge is 0.494 e. The van der Waals surface area contributed by atoms with Gasteiger partial charge in [0.15, 0.2) is 0 Å².